The third-order valence-electron chi connectivity index (χ3n) is 8.93. The molecule has 2 bridgehead atoms. The van der Waals surface area contributed by atoms with E-state index in [0.29, 0.717) is 24.8 Å². The van der Waals surface area contributed by atoms with Gasteiger partial charge in [0.25, 0.3) is 0 Å². The Morgan fingerprint density at radius 1 is 0.865 bits per heavy atom. The second kappa shape index (κ2) is 10.6. The second-order valence-corrected chi connectivity index (χ2v) is 12.5. The van der Waals surface area contributed by atoms with Crippen molar-refractivity contribution in [3.63, 3.8) is 0 Å². The van der Waals surface area contributed by atoms with Gasteiger partial charge in [-0.05, 0) is 78.6 Å². The fourth-order valence-corrected chi connectivity index (χ4v) is 6.67. The first-order valence-corrected chi connectivity index (χ1v) is 13.5. The van der Waals surface area contributed by atoms with E-state index in [9.17, 15) is 19.5 Å². The summed E-state index contributed by atoms with van der Waals surface area (Å²) in [6.07, 6.45) is 6.28. The molecule has 0 aromatic heterocycles. The van der Waals surface area contributed by atoms with Crippen LogP contribution < -0.4 is 0 Å². The number of hydrogen-bond acceptors (Lipinski definition) is 4. The summed E-state index contributed by atoms with van der Waals surface area (Å²) in [5, 5.41) is 12.3. The molecule has 3 rings (SSSR count). The predicted octanol–water partition coefficient (Wildman–Crippen LogP) is 7.09. The molecule has 2 fully saturated rings. The molecule has 0 aliphatic heterocycles. The maximum absolute atomic E-state index is 14.6. The molecule has 3 unspecified atom stereocenters. The van der Waals surface area contributed by atoms with Gasteiger partial charge in [-0.3, -0.25) is 14.4 Å². The number of carbonyl (C=O) groups excluding carboxylic acids is 3. The Hall–Kier alpha value is -2.59. The van der Waals surface area contributed by atoms with Crippen molar-refractivity contribution in [1.82, 2.24) is 0 Å². The zero-order chi connectivity index (χ0) is 27.8. The van der Waals surface area contributed by atoms with Crippen LogP contribution in [0.4, 0.5) is 0 Å². The fraction of sp³-hybridized carbons (Fsp3) is 0.545. The molecule has 1 aromatic carbocycles. The molecule has 0 spiro atoms. The van der Waals surface area contributed by atoms with Crippen molar-refractivity contribution in [3.05, 3.63) is 70.8 Å². The summed E-state index contributed by atoms with van der Waals surface area (Å²) < 4.78 is 0. The molecular formula is C33H44O4. The van der Waals surface area contributed by atoms with Gasteiger partial charge in [-0.2, -0.15) is 0 Å². The van der Waals surface area contributed by atoms with Gasteiger partial charge in [-0.15, -0.1) is 0 Å². The summed E-state index contributed by atoms with van der Waals surface area (Å²) in [5.74, 6) is -2.10. The van der Waals surface area contributed by atoms with E-state index >= 15 is 0 Å². The molecular weight excluding hydrogens is 460 g/mol. The summed E-state index contributed by atoms with van der Waals surface area (Å²) in [4.78, 5) is 43.5. The Kier molecular flexibility index (Phi) is 8.34. The van der Waals surface area contributed by atoms with Crippen LogP contribution in [0.1, 0.15) is 91.4 Å². The Bertz CT molecular complexity index is 1140. The number of benzene rings is 1. The molecule has 0 amide bonds. The van der Waals surface area contributed by atoms with E-state index in [1.807, 2.05) is 73.6 Å². The van der Waals surface area contributed by atoms with Gasteiger partial charge in [0.2, 0.25) is 0 Å². The maximum atomic E-state index is 14.6. The van der Waals surface area contributed by atoms with E-state index in [2.05, 4.69) is 6.08 Å². The van der Waals surface area contributed by atoms with Crippen molar-refractivity contribution in [2.45, 2.75) is 87.2 Å². The highest BCUT2D eigenvalue weighted by Gasteiger charge is 2.76. The van der Waals surface area contributed by atoms with Crippen molar-refractivity contribution >= 4 is 17.3 Å². The van der Waals surface area contributed by atoms with Crippen LogP contribution in [0, 0.1) is 28.1 Å². The molecule has 1 aromatic rings. The Balaban J connectivity index is 2.39. The number of Topliss-reactive ketones (excluding diaryl/α,β-unsaturated/α-hetero) is 3. The fourth-order valence-electron chi connectivity index (χ4n) is 6.67. The molecule has 200 valence electrons. The molecule has 1 N–H and O–H groups in total. The highest BCUT2D eigenvalue weighted by molar-refractivity contribution is 6.24. The first-order valence-electron chi connectivity index (χ1n) is 13.5. The van der Waals surface area contributed by atoms with Crippen LogP contribution in [0.2, 0.25) is 0 Å². The quantitative estimate of drug-likeness (QED) is 0.233. The van der Waals surface area contributed by atoms with Crippen LogP contribution in [0.5, 0.6) is 0 Å². The Morgan fingerprint density at radius 2 is 1.41 bits per heavy atom. The molecule has 0 saturated heterocycles. The molecule has 2 aliphatic rings. The Labute approximate surface area is 222 Å². The van der Waals surface area contributed by atoms with Crippen molar-refractivity contribution in [2.75, 3.05) is 0 Å². The van der Waals surface area contributed by atoms with Gasteiger partial charge < -0.3 is 5.11 Å². The zero-order valence-electron chi connectivity index (χ0n) is 23.9. The summed E-state index contributed by atoms with van der Waals surface area (Å²) in [5.41, 5.74) is -0.204. The molecule has 2 aliphatic carbocycles. The van der Waals surface area contributed by atoms with Crippen LogP contribution in [-0.2, 0) is 9.59 Å². The van der Waals surface area contributed by atoms with Gasteiger partial charge in [0.15, 0.2) is 17.3 Å². The lowest BCUT2D eigenvalue weighted by Crippen LogP contribution is -2.75. The van der Waals surface area contributed by atoms with E-state index < -0.39 is 34.1 Å². The lowest BCUT2D eigenvalue weighted by molar-refractivity contribution is -0.204. The average molecular weight is 505 g/mol. The topological polar surface area (TPSA) is 71.4 Å². The normalized spacial score (nSPS) is 30.4. The smallest absolute Gasteiger partial charge is 0.179 e. The molecule has 0 heterocycles. The van der Waals surface area contributed by atoms with Crippen LogP contribution in [-0.4, -0.2) is 28.6 Å². The monoisotopic (exact) mass is 504 g/mol. The first kappa shape index (κ1) is 29.0. The minimum Gasteiger partial charge on any atom is -0.391 e. The van der Waals surface area contributed by atoms with Crippen LogP contribution in [0.3, 0.4) is 0 Å². The number of aliphatic hydroxyl groups is 1. The summed E-state index contributed by atoms with van der Waals surface area (Å²) in [6.45, 7) is 15.8. The lowest BCUT2D eigenvalue weighted by atomic mass is 9.36. The molecule has 37 heavy (non-hydrogen) atoms. The van der Waals surface area contributed by atoms with Crippen molar-refractivity contribution in [3.8, 4) is 0 Å². The van der Waals surface area contributed by atoms with Gasteiger partial charge in [-0.1, -0.05) is 79.1 Å². The number of hydrogen-bond donors (Lipinski definition) is 1. The standard InChI is InChI=1S/C33H44O4/c1-21(2)14-16-25-20-32(19-18-23(5)6)28(35)26(17-15-22(3)4)29(36)33(30(32)37,31(25,7)8)27(34)24-12-10-9-11-13-24/h9-15,18,25-26,30,37H,16-17,19-20H2,1-8H3/t25?,26?,30?,32-,33+/m0/s1. The van der Waals surface area contributed by atoms with Crippen LogP contribution in [0.25, 0.3) is 0 Å². The van der Waals surface area contributed by atoms with Gasteiger partial charge in [-0.25, -0.2) is 0 Å². The van der Waals surface area contributed by atoms with Crippen LogP contribution >= 0.6 is 0 Å². The van der Waals surface area contributed by atoms with E-state index in [-0.39, 0.29) is 23.9 Å². The molecule has 4 nitrogen and oxygen atoms in total. The summed E-state index contributed by atoms with van der Waals surface area (Å²) >= 11 is 0. The SMILES string of the molecule is CC(C)=CCC1C(=O)[C@]2(CC=C(C)C)CC(CC=C(C)C)C(C)(C)[C@](C(=O)c3ccccc3)(C1=O)C2O. The Morgan fingerprint density at radius 3 is 1.95 bits per heavy atom. The van der Waals surface area contributed by atoms with Crippen LogP contribution in [0.15, 0.2) is 65.3 Å². The third-order valence-corrected chi connectivity index (χ3v) is 8.93. The number of fused-ring (bicyclic) bond motifs is 2. The highest BCUT2D eigenvalue weighted by Crippen LogP contribution is 2.67. The minimum absolute atomic E-state index is 0.138. The molecule has 5 atom stereocenters. The predicted molar refractivity (Wildman–Crippen MR) is 149 cm³/mol. The molecule has 2 saturated carbocycles. The van der Waals surface area contributed by atoms with Crippen molar-refractivity contribution < 1.29 is 19.5 Å². The summed E-state index contributed by atoms with van der Waals surface area (Å²) in [6, 6.07) is 8.82. The lowest BCUT2D eigenvalue weighted by Gasteiger charge is -2.64. The first-order chi connectivity index (χ1) is 17.2. The highest BCUT2D eigenvalue weighted by atomic mass is 16.3. The number of ketones is 3. The maximum Gasteiger partial charge on any atom is 0.179 e. The van der Waals surface area contributed by atoms with Gasteiger partial charge in [0.05, 0.1) is 17.4 Å². The van der Waals surface area contributed by atoms with E-state index in [1.54, 1.807) is 24.3 Å². The molecule has 0 radical (unpaired) electrons. The summed E-state index contributed by atoms with van der Waals surface area (Å²) in [7, 11) is 0. The zero-order valence-corrected chi connectivity index (χ0v) is 23.9. The molecule has 4 heteroatoms. The van der Waals surface area contributed by atoms with Crippen molar-refractivity contribution in [2.24, 2.45) is 28.1 Å². The number of carbonyl (C=O) groups is 3. The average Bonchev–Trinajstić information content (AvgIpc) is 2.82. The number of aliphatic hydroxyl groups excluding tert-OH is 1. The second-order valence-electron chi connectivity index (χ2n) is 12.5. The third kappa shape index (κ3) is 4.74. The van der Waals surface area contributed by atoms with E-state index in [4.69, 9.17) is 0 Å². The number of allylic oxidation sites excluding steroid dienone is 6. The van der Waals surface area contributed by atoms with Crippen molar-refractivity contribution in [1.29, 1.82) is 0 Å². The van der Waals surface area contributed by atoms with Gasteiger partial charge in [0, 0.05) is 5.56 Å². The number of rotatable bonds is 8. The van der Waals surface area contributed by atoms with Gasteiger partial charge >= 0.3 is 0 Å². The van der Waals surface area contributed by atoms with E-state index in [0.717, 1.165) is 16.7 Å². The minimum atomic E-state index is -1.73. The largest absolute Gasteiger partial charge is 0.391 e. The van der Waals surface area contributed by atoms with Gasteiger partial charge in [0.1, 0.15) is 5.41 Å². The van der Waals surface area contributed by atoms with E-state index in [1.165, 1.54) is 0 Å².